The molecule has 1 N–H and O–H groups in total. The minimum Gasteiger partial charge on any atom is -0.396 e. The van der Waals surface area contributed by atoms with Gasteiger partial charge in [0.2, 0.25) is 0 Å². The van der Waals surface area contributed by atoms with Crippen molar-refractivity contribution < 1.29 is 19.4 Å². The van der Waals surface area contributed by atoms with Crippen LogP contribution in [0.15, 0.2) is 60.7 Å². The molecule has 0 unspecified atom stereocenters. The molecule has 2 fully saturated rings. The van der Waals surface area contributed by atoms with Crippen molar-refractivity contribution in [2.75, 3.05) is 20.0 Å². The van der Waals surface area contributed by atoms with Crippen LogP contribution in [-0.4, -0.2) is 41.8 Å². The Morgan fingerprint density at radius 2 is 1.77 bits per heavy atom. The van der Waals surface area contributed by atoms with Crippen molar-refractivity contribution in [1.29, 1.82) is 0 Å². The van der Waals surface area contributed by atoms with Gasteiger partial charge in [-0.05, 0) is 49.7 Å². The molecule has 31 heavy (non-hydrogen) atoms. The van der Waals surface area contributed by atoms with Crippen LogP contribution in [-0.2, 0) is 20.9 Å². The zero-order chi connectivity index (χ0) is 21.4. The van der Waals surface area contributed by atoms with Gasteiger partial charge in [-0.1, -0.05) is 60.7 Å². The quantitative estimate of drug-likeness (QED) is 0.405. The van der Waals surface area contributed by atoms with Crippen LogP contribution in [0.4, 0.5) is 0 Å². The number of hydrogen-bond donors (Lipinski definition) is 1. The SMILES string of the molecule is OCCCC[C@@]12CCC[C@@H](COCOCc3ccccc3)N1O[C@@H](c1ccccc1)C2. The molecule has 5 nitrogen and oxygen atoms in total. The number of hydroxylamine groups is 2. The van der Waals surface area contributed by atoms with Crippen LogP contribution in [0.3, 0.4) is 0 Å². The van der Waals surface area contributed by atoms with E-state index in [9.17, 15) is 5.11 Å². The van der Waals surface area contributed by atoms with E-state index in [1.165, 1.54) is 12.0 Å². The maximum atomic E-state index is 9.29. The summed E-state index contributed by atoms with van der Waals surface area (Å²) >= 11 is 0. The summed E-state index contributed by atoms with van der Waals surface area (Å²) in [4.78, 5) is 6.57. The molecule has 2 aromatic carbocycles. The Morgan fingerprint density at radius 3 is 2.55 bits per heavy atom. The highest BCUT2D eigenvalue weighted by atomic mass is 16.7. The summed E-state index contributed by atoms with van der Waals surface area (Å²) in [5.74, 6) is 0. The summed E-state index contributed by atoms with van der Waals surface area (Å²) in [6, 6.07) is 20.9. The van der Waals surface area contributed by atoms with Crippen LogP contribution < -0.4 is 0 Å². The van der Waals surface area contributed by atoms with Crippen molar-refractivity contribution in [3.8, 4) is 0 Å². The number of hydrogen-bond acceptors (Lipinski definition) is 5. The highest BCUT2D eigenvalue weighted by Crippen LogP contribution is 2.49. The minimum atomic E-state index is 0.0346. The maximum Gasteiger partial charge on any atom is 0.147 e. The molecule has 0 bridgehead atoms. The third-order valence-electron chi connectivity index (χ3n) is 6.59. The van der Waals surface area contributed by atoms with Gasteiger partial charge in [-0.3, -0.25) is 4.84 Å². The number of aliphatic hydroxyl groups excluding tert-OH is 1. The Morgan fingerprint density at radius 1 is 1.00 bits per heavy atom. The van der Waals surface area contributed by atoms with Crippen molar-refractivity contribution >= 4 is 0 Å². The van der Waals surface area contributed by atoms with Crippen molar-refractivity contribution in [2.24, 2.45) is 0 Å². The molecule has 2 aliphatic heterocycles. The highest BCUT2D eigenvalue weighted by molar-refractivity contribution is 5.20. The average molecular weight is 426 g/mol. The first-order chi connectivity index (χ1) is 15.3. The van der Waals surface area contributed by atoms with Gasteiger partial charge in [0, 0.05) is 18.6 Å². The van der Waals surface area contributed by atoms with E-state index >= 15 is 0 Å². The molecule has 4 rings (SSSR count). The number of nitrogens with zero attached hydrogens (tertiary/aromatic N) is 1. The smallest absolute Gasteiger partial charge is 0.147 e. The van der Waals surface area contributed by atoms with Crippen LogP contribution in [0.5, 0.6) is 0 Å². The van der Waals surface area contributed by atoms with E-state index < -0.39 is 0 Å². The van der Waals surface area contributed by atoms with Crippen molar-refractivity contribution in [1.82, 2.24) is 5.06 Å². The van der Waals surface area contributed by atoms with Crippen molar-refractivity contribution in [3.05, 3.63) is 71.8 Å². The molecule has 0 amide bonds. The molecule has 3 atom stereocenters. The predicted molar refractivity (Wildman–Crippen MR) is 120 cm³/mol. The van der Waals surface area contributed by atoms with E-state index in [1.54, 1.807) is 0 Å². The largest absolute Gasteiger partial charge is 0.396 e. The molecular weight excluding hydrogens is 390 g/mol. The lowest BCUT2D eigenvalue weighted by Gasteiger charge is -2.45. The van der Waals surface area contributed by atoms with Crippen LogP contribution in [0.1, 0.15) is 62.2 Å². The van der Waals surface area contributed by atoms with E-state index in [-0.39, 0.29) is 24.3 Å². The van der Waals surface area contributed by atoms with Gasteiger partial charge >= 0.3 is 0 Å². The summed E-state index contributed by atoms with van der Waals surface area (Å²) in [6.45, 7) is 1.72. The third-order valence-corrected chi connectivity index (χ3v) is 6.59. The second-order valence-corrected chi connectivity index (χ2v) is 8.81. The topological polar surface area (TPSA) is 51.2 Å². The number of piperidine rings is 1. The Bertz CT molecular complexity index is 771. The molecule has 168 valence electrons. The zero-order valence-electron chi connectivity index (χ0n) is 18.3. The number of unbranched alkanes of at least 4 members (excludes halogenated alkanes) is 1. The number of ether oxygens (including phenoxy) is 2. The van der Waals surface area contributed by atoms with Crippen LogP contribution in [0, 0.1) is 0 Å². The van der Waals surface area contributed by atoms with Gasteiger partial charge in [-0.15, -0.1) is 0 Å². The molecule has 0 spiro atoms. The fourth-order valence-electron chi connectivity index (χ4n) is 5.07. The predicted octanol–water partition coefficient (Wildman–Crippen LogP) is 5.01. The summed E-state index contributed by atoms with van der Waals surface area (Å²) in [7, 11) is 0. The van der Waals surface area contributed by atoms with Gasteiger partial charge in [0.05, 0.1) is 19.3 Å². The number of rotatable bonds is 11. The molecular formula is C26H35NO4. The first-order valence-electron chi connectivity index (χ1n) is 11.6. The Hall–Kier alpha value is -1.76. The normalized spacial score (nSPS) is 26.1. The second kappa shape index (κ2) is 11.2. The summed E-state index contributed by atoms with van der Waals surface area (Å²) in [6.07, 6.45) is 7.40. The molecule has 0 saturated carbocycles. The first kappa shape index (κ1) is 22.4. The van der Waals surface area contributed by atoms with Gasteiger partial charge in [0.25, 0.3) is 0 Å². The van der Waals surface area contributed by atoms with E-state index in [2.05, 4.69) is 47.5 Å². The standard InChI is InChI=1S/C26H35NO4/c28-17-8-7-15-26-16-9-14-24(20-30-21-29-19-22-10-3-1-4-11-22)27(26)31-25(18-26)23-12-5-2-6-13-23/h1-6,10-13,24-25,28H,7-9,14-21H2/t24-,25+,26-/m0/s1. The van der Waals surface area contributed by atoms with Gasteiger partial charge in [-0.25, -0.2) is 0 Å². The lowest BCUT2D eigenvalue weighted by molar-refractivity contribution is -0.244. The monoisotopic (exact) mass is 425 g/mol. The summed E-state index contributed by atoms with van der Waals surface area (Å²) < 4.78 is 11.6. The Labute approximate surface area is 185 Å². The summed E-state index contributed by atoms with van der Waals surface area (Å²) in [5, 5.41) is 11.6. The summed E-state index contributed by atoms with van der Waals surface area (Å²) in [5.41, 5.74) is 2.43. The lowest BCUT2D eigenvalue weighted by Crippen LogP contribution is -2.53. The molecule has 2 aromatic rings. The van der Waals surface area contributed by atoms with Crippen molar-refractivity contribution in [3.63, 3.8) is 0 Å². The second-order valence-electron chi connectivity index (χ2n) is 8.81. The minimum absolute atomic E-state index is 0.0346. The maximum absolute atomic E-state index is 9.29. The van der Waals surface area contributed by atoms with Crippen molar-refractivity contribution in [2.45, 2.75) is 69.2 Å². The molecule has 0 aliphatic carbocycles. The Kier molecular flexibility index (Phi) is 8.11. The van der Waals surface area contributed by atoms with Crippen LogP contribution >= 0.6 is 0 Å². The van der Waals surface area contributed by atoms with Gasteiger partial charge in [0.1, 0.15) is 12.9 Å². The fourth-order valence-corrected chi connectivity index (χ4v) is 5.07. The molecule has 5 heteroatoms. The first-order valence-corrected chi connectivity index (χ1v) is 11.6. The molecule has 0 radical (unpaired) electrons. The van der Waals surface area contributed by atoms with Gasteiger partial charge < -0.3 is 14.6 Å². The number of aliphatic hydroxyl groups is 1. The van der Waals surface area contributed by atoms with Gasteiger partial charge in [-0.2, -0.15) is 5.06 Å². The van der Waals surface area contributed by atoms with E-state index in [1.807, 2.05) is 18.2 Å². The fraction of sp³-hybridized carbons (Fsp3) is 0.538. The highest BCUT2D eigenvalue weighted by Gasteiger charge is 2.51. The number of benzene rings is 2. The van der Waals surface area contributed by atoms with Crippen LogP contribution in [0.2, 0.25) is 0 Å². The molecule has 2 saturated heterocycles. The zero-order valence-corrected chi connectivity index (χ0v) is 18.3. The van der Waals surface area contributed by atoms with E-state index in [4.69, 9.17) is 14.3 Å². The van der Waals surface area contributed by atoms with Crippen LogP contribution in [0.25, 0.3) is 0 Å². The van der Waals surface area contributed by atoms with E-state index in [0.29, 0.717) is 20.0 Å². The number of fused-ring (bicyclic) bond motifs is 1. The van der Waals surface area contributed by atoms with Gasteiger partial charge in [0.15, 0.2) is 0 Å². The average Bonchev–Trinajstić information content (AvgIpc) is 3.21. The van der Waals surface area contributed by atoms with E-state index in [0.717, 1.165) is 44.1 Å². The molecule has 2 aliphatic rings. The lowest BCUT2D eigenvalue weighted by atomic mass is 9.78. The third kappa shape index (κ3) is 5.73. The molecule has 0 aromatic heterocycles. The molecule has 2 heterocycles. The Balaban J connectivity index is 1.35.